The number of nitrogens with zero attached hydrogens (tertiary/aromatic N) is 4. The Morgan fingerprint density at radius 1 is 1.10 bits per heavy atom. The Bertz CT molecular complexity index is 1120. The standard InChI is InChI=1S/C20H19N5O5/c1-12-9-16(17(25(28)29)10-13(12)2)21-18(26)11-30-20(27)19-14(3)22-24(23-19)15-7-5-4-6-8-15/h4-10H,11H2,1-3H3,(H,21,26). The third kappa shape index (κ3) is 4.49. The fourth-order valence-corrected chi connectivity index (χ4v) is 2.68. The van der Waals surface area contributed by atoms with Crippen molar-refractivity contribution in [3.8, 4) is 5.69 Å². The van der Waals surface area contributed by atoms with Gasteiger partial charge in [-0.2, -0.15) is 9.90 Å². The highest BCUT2D eigenvalue weighted by molar-refractivity contribution is 5.96. The van der Waals surface area contributed by atoms with E-state index < -0.39 is 23.4 Å². The van der Waals surface area contributed by atoms with Crippen molar-refractivity contribution in [2.45, 2.75) is 20.8 Å². The molecule has 0 aliphatic heterocycles. The molecule has 0 bridgehead atoms. The number of hydrogen-bond acceptors (Lipinski definition) is 7. The van der Waals surface area contributed by atoms with Gasteiger partial charge in [0.15, 0.2) is 12.3 Å². The van der Waals surface area contributed by atoms with Crippen LogP contribution in [-0.2, 0) is 9.53 Å². The molecule has 3 rings (SSSR count). The lowest BCUT2D eigenvalue weighted by Crippen LogP contribution is -2.22. The molecule has 0 radical (unpaired) electrons. The van der Waals surface area contributed by atoms with E-state index >= 15 is 0 Å². The predicted molar refractivity (Wildman–Crippen MR) is 108 cm³/mol. The molecule has 0 saturated carbocycles. The molecule has 0 aliphatic rings. The highest BCUT2D eigenvalue weighted by Gasteiger charge is 2.21. The molecule has 0 unspecified atom stereocenters. The van der Waals surface area contributed by atoms with E-state index in [1.54, 1.807) is 32.9 Å². The lowest BCUT2D eigenvalue weighted by Gasteiger charge is -2.09. The second kappa shape index (κ2) is 8.52. The summed E-state index contributed by atoms with van der Waals surface area (Å²) in [6.07, 6.45) is 0. The van der Waals surface area contributed by atoms with Crippen molar-refractivity contribution < 1.29 is 19.2 Å². The molecule has 154 valence electrons. The maximum absolute atomic E-state index is 12.3. The first kappa shape index (κ1) is 20.6. The number of carbonyl (C=O) groups excluding carboxylic acids is 2. The van der Waals surface area contributed by atoms with E-state index in [0.717, 1.165) is 11.1 Å². The summed E-state index contributed by atoms with van der Waals surface area (Å²) in [6, 6.07) is 11.9. The molecular weight excluding hydrogens is 390 g/mol. The number of rotatable bonds is 6. The molecular formula is C20H19N5O5. The van der Waals surface area contributed by atoms with Crippen molar-refractivity contribution in [2.24, 2.45) is 0 Å². The van der Waals surface area contributed by atoms with Crippen LogP contribution in [0.1, 0.15) is 27.3 Å². The number of nitro benzene ring substituents is 1. The number of para-hydroxylation sites is 1. The number of hydrogen-bond donors (Lipinski definition) is 1. The van der Waals surface area contributed by atoms with E-state index in [-0.39, 0.29) is 17.1 Å². The largest absolute Gasteiger partial charge is 0.451 e. The molecule has 1 aromatic heterocycles. The van der Waals surface area contributed by atoms with Crippen molar-refractivity contribution >= 4 is 23.3 Å². The number of carbonyl (C=O) groups is 2. The third-order valence-electron chi connectivity index (χ3n) is 4.38. The molecule has 10 heteroatoms. The highest BCUT2D eigenvalue weighted by atomic mass is 16.6. The number of nitro groups is 1. The van der Waals surface area contributed by atoms with Crippen LogP contribution in [0.25, 0.3) is 5.69 Å². The van der Waals surface area contributed by atoms with Gasteiger partial charge < -0.3 is 10.1 Å². The molecule has 2 aromatic carbocycles. The van der Waals surface area contributed by atoms with Gasteiger partial charge in [0.25, 0.3) is 11.6 Å². The molecule has 0 aliphatic carbocycles. The zero-order chi connectivity index (χ0) is 21.8. The Labute approximate surface area is 171 Å². The van der Waals surface area contributed by atoms with Gasteiger partial charge in [-0.1, -0.05) is 18.2 Å². The van der Waals surface area contributed by atoms with Crippen LogP contribution in [0.15, 0.2) is 42.5 Å². The molecule has 3 aromatic rings. The van der Waals surface area contributed by atoms with E-state index in [1.165, 1.54) is 16.9 Å². The van der Waals surface area contributed by atoms with Crippen LogP contribution in [0.3, 0.4) is 0 Å². The third-order valence-corrected chi connectivity index (χ3v) is 4.38. The number of anilines is 1. The second-order valence-electron chi connectivity index (χ2n) is 6.59. The number of aryl methyl sites for hydroxylation is 3. The molecule has 1 heterocycles. The van der Waals surface area contributed by atoms with Gasteiger partial charge in [-0.25, -0.2) is 4.79 Å². The normalized spacial score (nSPS) is 10.5. The Kier molecular flexibility index (Phi) is 5.86. The lowest BCUT2D eigenvalue weighted by atomic mass is 10.1. The Hall–Kier alpha value is -4.08. The van der Waals surface area contributed by atoms with Crippen molar-refractivity contribution in [1.29, 1.82) is 0 Å². The summed E-state index contributed by atoms with van der Waals surface area (Å²) in [7, 11) is 0. The summed E-state index contributed by atoms with van der Waals surface area (Å²) in [5, 5.41) is 21.9. The summed E-state index contributed by atoms with van der Waals surface area (Å²) in [5.74, 6) is -1.53. The smallest absolute Gasteiger partial charge is 0.361 e. The monoisotopic (exact) mass is 409 g/mol. The lowest BCUT2D eigenvalue weighted by molar-refractivity contribution is -0.384. The SMILES string of the molecule is Cc1cc(NC(=O)COC(=O)c2nn(-c3ccccc3)nc2C)c([N+](=O)[O-])cc1C. The second-order valence-corrected chi connectivity index (χ2v) is 6.59. The van der Waals surface area contributed by atoms with E-state index in [4.69, 9.17) is 4.74 Å². The number of aromatic nitrogens is 3. The molecule has 30 heavy (non-hydrogen) atoms. The Balaban J connectivity index is 1.67. The first-order chi connectivity index (χ1) is 14.3. The van der Waals surface area contributed by atoms with Gasteiger partial charge >= 0.3 is 5.97 Å². The van der Waals surface area contributed by atoms with Gasteiger partial charge in [0.05, 0.1) is 16.3 Å². The van der Waals surface area contributed by atoms with Gasteiger partial charge in [-0.3, -0.25) is 14.9 Å². The first-order valence-electron chi connectivity index (χ1n) is 8.98. The van der Waals surface area contributed by atoms with E-state index in [9.17, 15) is 19.7 Å². The zero-order valence-electron chi connectivity index (χ0n) is 16.6. The fraction of sp³-hybridized carbons (Fsp3) is 0.200. The molecule has 1 amide bonds. The van der Waals surface area contributed by atoms with Crippen LogP contribution in [0, 0.1) is 30.9 Å². The Morgan fingerprint density at radius 3 is 2.43 bits per heavy atom. The topological polar surface area (TPSA) is 129 Å². The minimum absolute atomic E-state index is 0.0242. The van der Waals surface area contributed by atoms with Gasteiger partial charge in [0.1, 0.15) is 5.69 Å². The number of nitrogens with one attached hydrogen (secondary N) is 1. The van der Waals surface area contributed by atoms with Crippen molar-refractivity contribution in [3.05, 3.63) is 75.1 Å². The van der Waals surface area contributed by atoms with Crippen molar-refractivity contribution in [3.63, 3.8) is 0 Å². The molecule has 1 N–H and O–H groups in total. The van der Waals surface area contributed by atoms with Crippen LogP contribution in [0.2, 0.25) is 0 Å². The van der Waals surface area contributed by atoms with Crippen molar-refractivity contribution in [1.82, 2.24) is 15.0 Å². The Morgan fingerprint density at radius 2 is 1.77 bits per heavy atom. The van der Waals surface area contributed by atoms with E-state index in [1.807, 2.05) is 18.2 Å². The van der Waals surface area contributed by atoms with Crippen LogP contribution in [0.5, 0.6) is 0 Å². The molecule has 0 saturated heterocycles. The van der Waals surface area contributed by atoms with Gasteiger partial charge in [0.2, 0.25) is 0 Å². The minimum Gasteiger partial charge on any atom is -0.451 e. The summed E-state index contributed by atoms with van der Waals surface area (Å²) >= 11 is 0. The summed E-state index contributed by atoms with van der Waals surface area (Å²) in [4.78, 5) is 36.4. The summed E-state index contributed by atoms with van der Waals surface area (Å²) in [6.45, 7) is 4.48. The molecule has 10 nitrogen and oxygen atoms in total. The minimum atomic E-state index is -0.820. The molecule has 0 fully saturated rings. The van der Waals surface area contributed by atoms with Crippen molar-refractivity contribution in [2.75, 3.05) is 11.9 Å². The fourth-order valence-electron chi connectivity index (χ4n) is 2.68. The van der Waals surface area contributed by atoms with Crippen LogP contribution >= 0.6 is 0 Å². The number of amides is 1. The quantitative estimate of drug-likeness (QED) is 0.376. The van der Waals surface area contributed by atoms with Crippen LogP contribution in [0.4, 0.5) is 11.4 Å². The average Bonchev–Trinajstić information content (AvgIpc) is 3.11. The predicted octanol–water partition coefficient (Wildman–Crippen LogP) is 2.90. The van der Waals surface area contributed by atoms with Crippen LogP contribution in [-0.4, -0.2) is 38.4 Å². The van der Waals surface area contributed by atoms with Gasteiger partial charge in [-0.05, 0) is 50.1 Å². The summed E-state index contributed by atoms with van der Waals surface area (Å²) < 4.78 is 5.01. The molecule has 0 spiro atoms. The van der Waals surface area contributed by atoms with Gasteiger partial charge in [0, 0.05) is 6.07 Å². The van der Waals surface area contributed by atoms with E-state index in [0.29, 0.717) is 11.4 Å². The highest BCUT2D eigenvalue weighted by Crippen LogP contribution is 2.27. The van der Waals surface area contributed by atoms with Crippen LogP contribution < -0.4 is 5.32 Å². The molecule has 0 atom stereocenters. The maximum atomic E-state index is 12.3. The summed E-state index contributed by atoms with van der Waals surface area (Å²) in [5.41, 5.74) is 2.29. The number of ether oxygens (including phenoxy) is 1. The first-order valence-corrected chi connectivity index (χ1v) is 8.98. The maximum Gasteiger partial charge on any atom is 0.361 e. The van der Waals surface area contributed by atoms with E-state index in [2.05, 4.69) is 15.5 Å². The number of esters is 1. The van der Waals surface area contributed by atoms with Gasteiger partial charge in [-0.15, -0.1) is 5.10 Å². The zero-order valence-corrected chi connectivity index (χ0v) is 16.6. The average molecular weight is 409 g/mol. The number of benzene rings is 2.